The molecule has 8 nitrogen and oxygen atoms in total. The van der Waals surface area contributed by atoms with Gasteiger partial charge in [0.25, 0.3) is 5.56 Å². The number of hydrogen-bond donors (Lipinski definition) is 2. The number of benzene rings is 1. The van der Waals surface area contributed by atoms with E-state index < -0.39 is 0 Å². The molecule has 2 N–H and O–H groups in total. The van der Waals surface area contributed by atoms with Crippen LogP contribution < -0.4 is 21.1 Å². The van der Waals surface area contributed by atoms with Gasteiger partial charge in [-0.25, -0.2) is 14.8 Å². The molecule has 2 amide bonds. The molecule has 1 aliphatic rings. The van der Waals surface area contributed by atoms with Gasteiger partial charge in [-0.2, -0.15) is 0 Å². The van der Waals surface area contributed by atoms with Crippen LogP contribution in [0.2, 0.25) is 0 Å². The molecule has 8 heteroatoms. The summed E-state index contributed by atoms with van der Waals surface area (Å²) in [7, 11) is 0. The van der Waals surface area contributed by atoms with Gasteiger partial charge in [-0.05, 0) is 44.0 Å². The molecule has 1 saturated heterocycles. The van der Waals surface area contributed by atoms with E-state index in [0.29, 0.717) is 36.6 Å². The number of carbonyl (C=O) groups excluding carboxylic acids is 1. The number of urea groups is 1. The van der Waals surface area contributed by atoms with Gasteiger partial charge in [0.15, 0.2) is 11.5 Å². The molecule has 0 unspecified atom stereocenters. The van der Waals surface area contributed by atoms with Crippen molar-refractivity contribution in [3.8, 4) is 0 Å². The van der Waals surface area contributed by atoms with Gasteiger partial charge in [0.2, 0.25) is 0 Å². The summed E-state index contributed by atoms with van der Waals surface area (Å²) < 4.78 is 1.66. The third-order valence-corrected chi connectivity index (χ3v) is 5.16. The highest BCUT2D eigenvalue weighted by Crippen LogP contribution is 2.18. The monoisotopic (exact) mass is 392 g/mol. The fraction of sp³-hybridized carbons (Fsp3) is 0.333. The summed E-state index contributed by atoms with van der Waals surface area (Å²) in [5, 5.41) is 5.86. The van der Waals surface area contributed by atoms with Crippen molar-refractivity contribution in [3.63, 3.8) is 0 Å². The minimum absolute atomic E-state index is 0.0606. The molecular formula is C21H24N6O2. The number of amides is 2. The Balaban J connectivity index is 1.43. The number of hydrogen-bond acceptors (Lipinski definition) is 5. The molecule has 0 aliphatic carbocycles. The molecule has 4 rings (SSSR count). The lowest BCUT2D eigenvalue weighted by Gasteiger charge is -2.33. The summed E-state index contributed by atoms with van der Waals surface area (Å²) in [6.07, 6.45) is 3.17. The zero-order valence-corrected chi connectivity index (χ0v) is 16.3. The first-order valence-electron chi connectivity index (χ1n) is 9.89. The van der Waals surface area contributed by atoms with Gasteiger partial charge in [0.1, 0.15) is 5.52 Å². The van der Waals surface area contributed by atoms with Crippen LogP contribution in [-0.2, 0) is 6.54 Å². The number of rotatable bonds is 4. The minimum Gasteiger partial charge on any atom is -0.352 e. The SMILES string of the molecule is CCn1c(=O)c(N2CCC(NC(=O)Nc3ccccc3)CC2)nc2cccnc21. The number of nitrogens with one attached hydrogen (secondary N) is 2. The van der Waals surface area contributed by atoms with Crippen molar-refractivity contribution in [2.24, 2.45) is 0 Å². The van der Waals surface area contributed by atoms with E-state index in [-0.39, 0.29) is 17.6 Å². The number of nitrogens with zero attached hydrogens (tertiary/aromatic N) is 4. The molecule has 0 radical (unpaired) electrons. The number of anilines is 2. The average molecular weight is 392 g/mol. The highest BCUT2D eigenvalue weighted by molar-refractivity contribution is 5.89. The zero-order valence-electron chi connectivity index (χ0n) is 16.3. The second kappa shape index (κ2) is 8.30. The van der Waals surface area contributed by atoms with Gasteiger partial charge in [0, 0.05) is 37.6 Å². The average Bonchev–Trinajstić information content (AvgIpc) is 2.75. The van der Waals surface area contributed by atoms with Gasteiger partial charge in [0.05, 0.1) is 0 Å². The lowest BCUT2D eigenvalue weighted by molar-refractivity contribution is 0.246. The van der Waals surface area contributed by atoms with Crippen LogP contribution in [0.15, 0.2) is 53.5 Å². The van der Waals surface area contributed by atoms with Gasteiger partial charge < -0.3 is 15.5 Å². The van der Waals surface area contributed by atoms with Crippen molar-refractivity contribution >= 4 is 28.7 Å². The Labute approximate surface area is 168 Å². The molecule has 0 saturated carbocycles. The van der Waals surface area contributed by atoms with E-state index in [1.54, 1.807) is 10.8 Å². The van der Waals surface area contributed by atoms with E-state index in [1.165, 1.54) is 0 Å². The Hall–Kier alpha value is -3.42. The molecule has 3 heterocycles. The number of aromatic nitrogens is 3. The van der Waals surface area contributed by atoms with Gasteiger partial charge in [-0.1, -0.05) is 18.2 Å². The normalized spacial score (nSPS) is 14.7. The molecular weight excluding hydrogens is 368 g/mol. The minimum atomic E-state index is -0.210. The predicted molar refractivity (Wildman–Crippen MR) is 113 cm³/mol. The van der Waals surface area contributed by atoms with E-state index >= 15 is 0 Å². The lowest BCUT2D eigenvalue weighted by atomic mass is 10.1. The van der Waals surface area contributed by atoms with Crippen molar-refractivity contribution in [2.75, 3.05) is 23.3 Å². The number of piperidine rings is 1. The van der Waals surface area contributed by atoms with Crippen molar-refractivity contribution in [3.05, 3.63) is 59.0 Å². The van der Waals surface area contributed by atoms with E-state index in [4.69, 9.17) is 0 Å². The summed E-state index contributed by atoms with van der Waals surface area (Å²) in [5.74, 6) is 0.458. The van der Waals surface area contributed by atoms with Crippen molar-refractivity contribution in [1.82, 2.24) is 19.9 Å². The summed E-state index contributed by atoms with van der Waals surface area (Å²) in [4.78, 5) is 36.0. The second-order valence-corrected chi connectivity index (χ2v) is 7.06. The smallest absolute Gasteiger partial charge is 0.319 e. The molecule has 0 spiro atoms. The quantitative estimate of drug-likeness (QED) is 0.712. The Bertz CT molecular complexity index is 1060. The first-order valence-corrected chi connectivity index (χ1v) is 9.89. The van der Waals surface area contributed by atoms with Gasteiger partial charge in [-0.3, -0.25) is 9.36 Å². The van der Waals surface area contributed by atoms with Crippen LogP contribution in [0.5, 0.6) is 0 Å². The maximum absolute atomic E-state index is 12.9. The third kappa shape index (κ3) is 4.06. The highest BCUT2D eigenvalue weighted by atomic mass is 16.2. The van der Waals surface area contributed by atoms with Crippen LogP contribution in [0.3, 0.4) is 0 Å². The fourth-order valence-corrected chi connectivity index (χ4v) is 3.67. The zero-order chi connectivity index (χ0) is 20.2. The first kappa shape index (κ1) is 18.9. The van der Waals surface area contributed by atoms with E-state index in [1.807, 2.05) is 54.3 Å². The third-order valence-electron chi connectivity index (χ3n) is 5.16. The van der Waals surface area contributed by atoms with Crippen LogP contribution in [0.1, 0.15) is 19.8 Å². The van der Waals surface area contributed by atoms with Crippen LogP contribution in [-0.4, -0.2) is 39.7 Å². The van der Waals surface area contributed by atoms with Gasteiger partial charge >= 0.3 is 6.03 Å². The molecule has 150 valence electrons. The number of fused-ring (bicyclic) bond motifs is 1. The Morgan fingerprint density at radius 3 is 2.62 bits per heavy atom. The number of pyridine rings is 1. The molecule has 0 bridgehead atoms. The maximum atomic E-state index is 12.9. The summed E-state index contributed by atoms with van der Waals surface area (Å²) >= 11 is 0. The van der Waals surface area contributed by atoms with Crippen LogP contribution >= 0.6 is 0 Å². The van der Waals surface area contributed by atoms with E-state index in [9.17, 15) is 9.59 Å². The Morgan fingerprint density at radius 2 is 1.90 bits per heavy atom. The van der Waals surface area contributed by atoms with Gasteiger partial charge in [-0.15, -0.1) is 0 Å². The molecule has 0 atom stereocenters. The molecule has 2 aromatic heterocycles. The van der Waals surface area contributed by atoms with E-state index in [0.717, 1.165) is 18.5 Å². The number of para-hydroxylation sites is 1. The molecule has 1 aliphatic heterocycles. The van der Waals surface area contributed by atoms with Crippen molar-refractivity contribution < 1.29 is 4.79 Å². The van der Waals surface area contributed by atoms with Crippen molar-refractivity contribution in [2.45, 2.75) is 32.4 Å². The Morgan fingerprint density at radius 1 is 1.14 bits per heavy atom. The van der Waals surface area contributed by atoms with E-state index in [2.05, 4.69) is 20.6 Å². The molecule has 29 heavy (non-hydrogen) atoms. The Kier molecular flexibility index (Phi) is 5.41. The number of carbonyl (C=O) groups is 1. The maximum Gasteiger partial charge on any atom is 0.319 e. The second-order valence-electron chi connectivity index (χ2n) is 7.06. The summed E-state index contributed by atoms with van der Waals surface area (Å²) in [6.45, 7) is 3.79. The fourth-order valence-electron chi connectivity index (χ4n) is 3.67. The van der Waals surface area contributed by atoms with Crippen LogP contribution in [0, 0.1) is 0 Å². The van der Waals surface area contributed by atoms with Crippen LogP contribution in [0.4, 0.5) is 16.3 Å². The number of aryl methyl sites for hydroxylation is 1. The predicted octanol–water partition coefficient (Wildman–Crippen LogP) is 2.60. The first-order chi connectivity index (χ1) is 14.2. The van der Waals surface area contributed by atoms with Crippen molar-refractivity contribution in [1.29, 1.82) is 0 Å². The molecule has 3 aromatic rings. The largest absolute Gasteiger partial charge is 0.352 e. The van der Waals surface area contributed by atoms with Crippen LogP contribution in [0.25, 0.3) is 11.2 Å². The summed E-state index contributed by atoms with van der Waals surface area (Å²) in [6, 6.07) is 12.9. The molecule has 1 fully saturated rings. The standard InChI is InChI=1S/C21H24N6O2/c1-2-27-18-17(9-6-12-22-18)25-19(20(27)28)26-13-10-16(11-14-26)24-21(29)23-15-7-4-3-5-8-15/h3-9,12,16H,2,10-11,13-14H2,1H3,(H2,23,24,29). The lowest BCUT2D eigenvalue weighted by Crippen LogP contribution is -2.47. The summed E-state index contributed by atoms with van der Waals surface area (Å²) in [5.41, 5.74) is 1.97. The highest BCUT2D eigenvalue weighted by Gasteiger charge is 2.24. The topological polar surface area (TPSA) is 92.2 Å². The molecule has 1 aromatic carbocycles.